The molecule has 0 radical (unpaired) electrons. The first-order valence-electron chi connectivity index (χ1n) is 5.24. The van der Waals surface area contributed by atoms with Gasteiger partial charge in [-0.2, -0.15) is 0 Å². The van der Waals surface area contributed by atoms with Crippen LogP contribution in [0.2, 0.25) is 0 Å². The van der Waals surface area contributed by atoms with Crippen LogP contribution in [0.5, 0.6) is 0 Å². The van der Waals surface area contributed by atoms with Crippen LogP contribution in [0.3, 0.4) is 0 Å². The summed E-state index contributed by atoms with van der Waals surface area (Å²) in [4.78, 5) is 11.7. The molecule has 0 aliphatic rings. The molecule has 0 heterocycles. The third kappa shape index (κ3) is 1.84. The largest absolute Gasteiger partial charge is 0.380 e. The zero-order valence-electron chi connectivity index (χ0n) is 9.49. The fourth-order valence-electron chi connectivity index (χ4n) is 2.01. The van der Waals surface area contributed by atoms with Crippen LogP contribution >= 0.6 is 0 Å². The Hall–Kier alpha value is -1.67. The third-order valence-corrected chi connectivity index (χ3v) is 2.67. The zero-order valence-corrected chi connectivity index (χ0v) is 9.49. The summed E-state index contributed by atoms with van der Waals surface area (Å²) in [5, 5.41) is 2.09. The SMILES string of the molecule is COCc1ccc2ccccc2c1C(C)=O. The highest BCUT2D eigenvalue weighted by Crippen LogP contribution is 2.23. The van der Waals surface area contributed by atoms with E-state index in [-0.39, 0.29) is 5.78 Å². The maximum atomic E-state index is 11.7. The lowest BCUT2D eigenvalue weighted by atomic mass is 9.97. The van der Waals surface area contributed by atoms with Crippen molar-refractivity contribution < 1.29 is 9.53 Å². The minimum absolute atomic E-state index is 0.0869. The first-order valence-corrected chi connectivity index (χ1v) is 5.24. The van der Waals surface area contributed by atoms with Gasteiger partial charge in [-0.15, -0.1) is 0 Å². The quantitative estimate of drug-likeness (QED) is 0.733. The van der Waals surface area contributed by atoms with Gasteiger partial charge in [-0.1, -0.05) is 36.4 Å². The summed E-state index contributed by atoms with van der Waals surface area (Å²) in [6.07, 6.45) is 0. The van der Waals surface area contributed by atoms with Crippen LogP contribution < -0.4 is 0 Å². The Kier molecular flexibility index (Phi) is 3.02. The van der Waals surface area contributed by atoms with Gasteiger partial charge in [0.25, 0.3) is 0 Å². The Morgan fingerprint density at radius 1 is 1.19 bits per heavy atom. The Balaban J connectivity index is 2.73. The topological polar surface area (TPSA) is 26.3 Å². The van der Waals surface area contributed by atoms with Crippen LogP contribution in [0, 0.1) is 0 Å². The average Bonchev–Trinajstić information content (AvgIpc) is 2.28. The van der Waals surface area contributed by atoms with E-state index in [0.29, 0.717) is 6.61 Å². The molecule has 0 N–H and O–H groups in total. The predicted molar refractivity (Wildman–Crippen MR) is 64.7 cm³/mol. The van der Waals surface area contributed by atoms with Gasteiger partial charge in [0.1, 0.15) is 0 Å². The molecular weight excluding hydrogens is 200 g/mol. The summed E-state index contributed by atoms with van der Waals surface area (Å²) in [5.74, 6) is 0.0869. The van der Waals surface area contributed by atoms with Gasteiger partial charge in [0, 0.05) is 12.7 Å². The third-order valence-electron chi connectivity index (χ3n) is 2.67. The molecule has 0 fully saturated rings. The smallest absolute Gasteiger partial charge is 0.160 e. The highest BCUT2D eigenvalue weighted by atomic mass is 16.5. The molecule has 0 amide bonds. The fraction of sp³-hybridized carbons (Fsp3) is 0.214. The lowest BCUT2D eigenvalue weighted by Gasteiger charge is -2.09. The van der Waals surface area contributed by atoms with E-state index in [2.05, 4.69) is 0 Å². The van der Waals surface area contributed by atoms with E-state index < -0.39 is 0 Å². The summed E-state index contributed by atoms with van der Waals surface area (Å²) in [6, 6.07) is 11.9. The van der Waals surface area contributed by atoms with Gasteiger partial charge in [0.05, 0.1) is 6.61 Å². The molecular formula is C14H14O2. The lowest BCUT2D eigenvalue weighted by Crippen LogP contribution is -2.02. The summed E-state index contributed by atoms with van der Waals surface area (Å²) in [6.45, 7) is 2.07. The van der Waals surface area contributed by atoms with Gasteiger partial charge >= 0.3 is 0 Å². The Bertz CT molecular complexity index is 529. The van der Waals surface area contributed by atoms with Crippen LogP contribution in [0.4, 0.5) is 0 Å². The van der Waals surface area contributed by atoms with Crippen LogP contribution in [-0.4, -0.2) is 12.9 Å². The summed E-state index contributed by atoms with van der Waals surface area (Å²) < 4.78 is 5.12. The van der Waals surface area contributed by atoms with Crippen LogP contribution in [0.15, 0.2) is 36.4 Å². The minimum atomic E-state index is 0.0869. The normalized spacial score (nSPS) is 10.6. The number of ketones is 1. The molecule has 0 unspecified atom stereocenters. The van der Waals surface area contributed by atoms with Crippen molar-refractivity contribution >= 4 is 16.6 Å². The van der Waals surface area contributed by atoms with E-state index in [1.54, 1.807) is 14.0 Å². The van der Waals surface area contributed by atoms with E-state index in [1.807, 2.05) is 36.4 Å². The number of benzene rings is 2. The highest BCUT2D eigenvalue weighted by molar-refractivity contribution is 6.08. The molecule has 0 aromatic heterocycles. The number of fused-ring (bicyclic) bond motifs is 1. The molecule has 0 aliphatic carbocycles. The second-order valence-corrected chi connectivity index (χ2v) is 3.81. The first kappa shape index (κ1) is 10.8. The molecule has 2 rings (SSSR count). The second-order valence-electron chi connectivity index (χ2n) is 3.81. The molecule has 16 heavy (non-hydrogen) atoms. The predicted octanol–water partition coefficient (Wildman–Crippen LogP) is 3.19. The number of Topliss-reactive ketones (excluding diaryl/α,β-unsaturated/α-hetero) is 1. The van der Waals surface area contributed by atoms with Gasteiger partial charge in [0.15, 0.2) is 5.78 Å². The maximum absolute atomic E-state index is 11.7. The number of hydrogen-bond acceptors (Lipinski definition) is 2. The fourth-order valence-corrected chi connectivity index (χ4v) is 2.01. The van der Waals surface area contributed by atoms with Crippen LogP contribution in [-0.2, 0) is 11.3 Å². The molecule has 2 aromatic rings. The number of carbonyl (C=O) groups excluding carboxylic acids is 1. The van der Waals surface area contributed by atoms with E-state index in [0.717, 1.165) is 21.9 Å². The lowest BCUT2D eigenvalue weighted by molar-refractivity contribution is 0.101. The molecule has 0 saturated carbocycles. The number of carbonyl (C=O) groups is 1. The molecule has 2 nitrogen and oxygen atoms in total. The van der Waals surface area contributed by atoms with Crippen molar-refractivity contribution in [3.8, 4) is 0 Å². The summed E-state index contributed by atoms with van der Waals surface area (Å²) in [7, 11) is 1.64. The van der Waals surface area contributed by atoms with E-state index in [4.69, 9.17) is 4.74 Å². The summed E-state index contributed by atoms with van der Waals surface area (Å²) in [5.41, 5.74) is 1.73. The Labute approximate surface area is 94.8 Å². The molecule has 2 heteroatoms. The standard InChI is InChI=1S/C14H14O2/c1-10(15)14-12(9-16-2)8-7-11-5-3-4-6-13(11)14/h3-8H,9H2,1-2H3. The van der Waals surface area contributed by atoms with Gasteiger partial charge in [-0.25, -0.2) is 0 Å². The minimum Gasteiger partial charge on any atom is -0.380 e. The van der Waals surface area contributed by atoms with Gasteiger partial charge in [0.2, 0.25) is 0 Å². The van der Waals surface area contributed by atoms with Crippen molar-refractivity contribution in [3.05, 3.63) is 47.5 Å². The van der Waals surface area contributed by atoms with Crippen molar-refractivity contribution in [2.24, 2.45) is 0 Å². The van der Waals surface area contributed by atoms with Gasteiger partial charge in [-0.3, -0.25) is 4.79 Å². The summed E-state index contributed by atoms with van der Waals surface area (Å²) >= 11 is 0. The van der Waals surface area contributed by atoms with E-state index in [1.165, 1.54) is 0 Å². The Morgan fingerprint density at radius 2 is 1.94 bits per heavy atom. The maximum Gasteiger partial charge on any atom is 0.160 e. The molecule has 2 aromatic carbocycles. The van der Waals surface area contributed by atoms with Crippen molar-refractivity contribution in [3.63, 3.8) is 0 Å². The van der Waals surface area contributed by atoms with E-state index >= 15 is 0 Å². The van der Waals surface area contributed by atoms with Crippen molar-refractivity contribution in [2.45, 2.75) is 13.5 Å². The first-order chi connectivity index (χ1) is 7.74. The highest BCUT2D eigenvalue weighted by Gasteiger charge is 2.10. The van der Waals surface area contributed by atoms with Crippen LogP contribution in [0.25, 0.3) is 10.8 Å². The number of ether oxygens (including phenoxy) is 1. The van der Waals surface area contributed by atoms with Crippen LogP contribution in [0.1, 0.15) is 22.8 Å². The molecule has 0 bridgehead atoms. The molecule has 82 valence electrons. The molecule has 0 spiro atoms. The van der Waals surface area contributed by atoms with Crippen molar-refractivity contribution in [2.75, 3.05) is 7.11 Å². The number of methoxy groups -OCH3 is 1. The van der Waals surface area contributed by atoms with E-state index in [9.17, 15) is 4.79 Å². The average molecular weight is 214 g/mol. The van der Waals surface area contributed by atoms with Gasteiger partial charge < -0.3 is 4.74 Å². The van der Waals surface area contributed by atoms with Crippen molar-refractivity contribution in [1.82, 2.24) is 0 Å². The molecule has 0 atom stereocenters. The zero-order chi connectivity index (χ0) is 11.5. The van der Waals surface area contributed by atoms with Crippen molar-refractivity contribution in [1.29, 1.82) is 0 Å². The number of hydrogen-bond donors (Lipinski definition) is 0. The molecule has 0 saturated heterocycles. The second kappa shape index (κ2) is 4.45. The monoisotopic (exact) mass is 214 g/mol. The Morgan fingerprint density at radius 3 is 2.62 bits per heavy atom. The van der Waals surface area contributed by atoms with Gasteiger partial charge in [-0.05, 0) is 23.3 Å². The molecule has 0 aliphatic heterocycles. The number of rotatable bonds is 3.